The second kappa shape index (κ2) is 4.88. The molecule has 0 aliphatic heterocycles. The van der Waals surface area contributed by atoms with E-state index in [2.05, 4.69) is 5.32 Å². The van der Waals surface area contributed by atoms with Gasteiger partial charge in [0.1, 0.15) is 0 Å². The molecular formula is C14H20N2O. The van der Waals surface area contributed by atoms with Gasteiger partial charge in [0, 0.05) is 6.54 Å². The Bertz CT molecular complexity index is 386. The van der Waals surface area contributed by atoms with E-state index in [9.17, 15) is 4.79 Å². The highest BCUT2D eigenvalue weighted by atomic mass is 16.1. The molecule has 1 aliphatic rings. The van der Waals surface area contributed by atoms with Gasteiger partial charge in [-0.25, -0.2) is 0 Å². The van der Waals surface area contributed by atoms with Crippen molar-refractivity contribution in [3.05, 3.63) is 35.9 Å². The summed E-state index contributed by atoms with van der Waals surface area (Å²) in [5, 5.41) is 3.31. The number of nitrogens with two attached hydrogens (primary N) is 1. The van der Waals surface area contributed by atoms with Crippen LogP contribution in [0.25, 0.3) is 0 Å². The van der Waals surface area contributed by atoms with Gasteiger partial charge in [0.25, 0.3) is 0 Å². The maximum absolute atomic E-state index is 11.6. The molecule has 2 rings (SSSR count). The van der Waals surface area contributed by atoms with E-state index in [1.165, 1.54) is 18.4 Å². The number of primary amides is 1. The normalized spacial score (nSPS) is 18.6. The fraction of sp³-hybridized carbons (Fsp3) is 0.500. The maximum Gasteiger partial charge on any atom is 0.237 e. The molecule has 1 aromatic carbocycles. The maximum atomic E-state index is 11.6. The fourth-order valence-corrected chi connectivity index (χ4v) is 2.05. The zero-order valence-electron chi connectivity index (χ0n) is 10.3. The molecule has 0 spiro atoms. The quantitative estimate of drug-likeness (QED) is 0.786. The van der Waals surface area contributed by atoms with E-state index in [-0.39, 0.29) is 5.91 Å². The van der Waals surface area contributed by atoms with Gasteiger partial charge in [0.15, 0.2) is 0 Å². The summed E-state index contributed by atoms with van der Waals surface area (Å²) in [7, 11) is 0. The number of nitrogens with one attached hydrogen (secondary N) is 1. The van der Waals surface area contributed by atoms with Gasteiger partial charge in [-0.1, -0.05) is 43.2 Å². The van der Waals surface area contributed by atoms with Gasteiger partial charge in [-0.2, -0.15) is 0 Å². The van der Waals surface area contributed by atoms with Crippen molar-refractivity contribution in [1.82, 2.24) is 5.32 Å². The number of carbonyl (C=O) groups is 1. The number of amides is 1. The topological polar surface area (TPSA) is 55.1 Å². The van der Waals surface area contributed by atoms with Crippen LogP contribution in [0.15, 0.2) is 30.3 Å². The van der Waals surface area contributed by atoms with Crippen molar-refractivity contribution < 1.29 is 4.79 Å². The SMILES string of the molecule is CC(CC1CC1)(NCc1ccccc1)C(N)=O. The fourth-order valence-electron chi connectivity index (χ4n) is 2.05. The molecule has 3 heteroatoms. The van der Waals surface area contributed by atoms with Gasteiger partial charge in [-0.3, -0.25) is 10.1 Å². The highest BCUT2D eigenvalue weighted by Gasteiger charge is 2.37. The molecule has 1 fully saturated rings. The molecule has 17 heavy (non-hydrogen) atoms. The lowest BCUT2D eigenvalue weighted by molar-refractivity contribution is -0.124. The number of rotatable bonds is 6. The lowest BCUT2D eigenvalue weighted by Crippen LogP contribution is -2.53. The summed E-state index contributed by atoms with van der Waals surface area (Å²) in [6, 6.07) is 10.1. The van der Waals surface area contributed by atoms with Crippen molar-refractivity contribution in [2.24, 2.45) is 11.7 Å². The van der Waals surface area contributed by atoms with Gasteiger partial charge in [0.2, 0.25) is 5.91 Å². The molecule has 1 unspecified atom stereocenters. The first kappa shape index (κ1) is 12.1. The van der Waals surface area contributed by atoms with Crippen molar-refractivity contribution in [2.75, 3.05) is 0 Å². The first-order valence-electron chi connectivity index (χ1n) is 6.19. The Balaban J connectivity index is 1.95. The highest BCUT2D eigenvalue weighted by molar-refractivity contribution is 5.84. The minimum absolute atomic E-state index is 0.250. The molecule has 0 heterocycles. The lowest BCUT2D eigenvalue weighted by atomic mass is 9.93. The van der Waals surface area contributed by atoms with Crippen LogP contribution in [0.1, 0.15) is 31.7 Å². The average molecular weight is 232 g/mol. The largest absolute Gasteiger partial charge is 0.368 e. The molecule has 0 saturated heterocycles. The van der Waals surface area contributed by atoms with Gasteiger partial charge < -0.3 is 5.73 Å². The minimum atomic E-state index is -0.572. The number of carbonyl (C=O) groups excluding carboxylic acids is 1. The van der Waals surface area contributed by atoms with Crippen LogP contribution in [0.2, 0.25) is 0 Å². The predicted molar refractivity (Wildman–Crippen MR) is 68.2 cm³/mol. The average Bonchev–Trinajstić information content (AvgIpc) is 3.11. The molecule has 3 nitrogen and oxygen atoms in total. The summed E-state index contributed by atoms with van der Waals surface area (Å²) in [4.78, 5) is 11.6. The number of benzene rings is 1. The Morgan fingerprint density at radius 3 is 2.59 bits per heavy atom. The van der Waals surface area contributed by atoms with E-state index >= 15 is 0 Å². The van der Waals surface area contributed by atoms with Gasteiger partial charge >= 0.3 is 0 Å². The van der Waals surface area contributed by atoms with Gasteiger partial charge in [-0.05, 0) is 24.8 Å². The Morgan fingerprint density at radius 1 is 1.41 bits per heavy atom. The standard InChI is InChI=1S/C14H20N2O/c1-14(13(15)17,9-11-7-8-11)16-10-12-5-3-2-4-6-12/h2-6,11,16H,7-10H2,1H3,(H2,15,17). The van der Waals surface area contributed by atoms with Crippen molar-refractivity contribution in [1.29, 1.82) is 0 Å². The number of hydrogen-bond acceptors (Lipinski definition) is 2. The van der Waals surface area contributed by atoms with Crippen LogP contribution >= 0.6 is 0 Å². The Kier molecular flexibility index (Phi) is 3.48. The summed E-state index contributed by atoms with van der Waals surface area (Å²) >= 11 is 0. The van der Waals surface area contributed by atoms with E-state index < -0.39 is 5.54 Å². The second-order valence-electron chi connectivity index (χ2n) is 5.18. The van der Waals surface area contributed by atoms with Crippen LogP contribution < -0.4 is 11.1 Å². The zero-order chi connectivity index (χ0) is 12.3. The van der Waals surface area contributed by atoms with E-state index in [0.29, 0.717) is 12.5 Å². The van der Waals surface area contributed by atoms with Gasteiger partial charge in [0.05, 0.1) is 5.54 Å². The molecule has 1 saturated carbocycles. The first-order chi connectivity index (χ1) is 8.10. The van der Waals surface area contributed by atoms with E-state index in [1.54, 1.807) is 0 Å². The zero-order valence-corrected chi connectivity index (χ0v) is 10.3. The Labute approximate surface area is 102 Å². The van der Waals surface area contributed by atoms with Crippen LogP contribution in [0.3, 0.4) is 0 Å². The molecule has 0 radical (unpaired) electrons. The summed E-state index contributed by atoms with van der Waals surface area (Å²) in [6.07, 6.45) is 3.32. The van der Waals surface area contributed by atoms with Gasteiger partial charge in [-0.15, -0.1) is 0 Å². The molecule has 0 aromatic heterocycles. The van der Waals surface area contributed by atoms with E-state index in [1.807, 2.05) is 37.3 Å². The monoisotopic (exact) mass is 232 g/mol. The van der Waals surface area contributed by atoms with Crippen LogP contribution in [0, 0.1) is 5.92 Å². The molecule has 1 aromatic rings. The summed E-state index contributed by atoms with van der Waals surface area (Å²) in [5.74, 6) is 0.427. The smallest absolute Gasteiger partial charge is 0.237 e. The van der Waals surface area contributed by atoms with E-state index in [0.717, 1.165) is 6.42 Å². The van der Waals surface area contributed by atoms with Crippen LogP contribution in [0.5, 0.6) is 0 Å². The van der Waals surface area contributed by atoms with Crippen molar-refractivity contribution >= 4 is 5.91 Å². The Morgan fingerprint density at radius 2 is 2.06 bits per heavy atom. The number of hydrogen-bond donors (Lipinski definition) is 2. The summed E-state index contributed by atoms with van der Waals surface area (Å²) in [5.41, 5.74) is 6.11. The third kappa shape index (κ3) is 3.30. The van der Waals surface area contributed by atoms with E-state index in [4.69, 9.17) is 5.73 Å². The molecule has 1 atom stereocenters. The molecule has 92 valence electrons. The molecule has 1 amide bonds. The van der Waals surface area contributed by atoms with Crippen molar-refractivity contribution in [3.63, 3.8) is 0 Å². The van der Waals surface area contributed by atoms with Crippen LogP contribution in [-0.4, -0.2) is 11.4 Å². The third-order valence-corrected chi connectivity index (χ3v) is 3.46. The van der Waals surface area contributed by atoms with Crippen molar-refractivity contribution in [3.8, 4) is 0 Å². The minimum Gasteiger partial charge on any atom is -0.368 e. The molecular weight excluding hydrogens is 212 g/mol. The first-order valence-corrected chi connectivity index (χ1v) is 6.19. The summed E-state index contributed by atoms with van der Waals surface area (Å²) in [6.45, 7) is 2.60. The van der Waals surface area contributed by atoms with Crippen molar-refractivity contribution in [2.45, 2.75) is 38.3 Å². The molecule has 3 N–H and O–H groups in total. The third-order valence-electron chi connectivity index (χ3n) is 3.46. The second-order valence-corrected chi connectivity index (χ2v) is 5.18. The highest BCUT2D eigenvalue weighted by Crippen LogP contribution is 2.36. The van der Waals surface area contributed by atoms with Crippen LogP contribution in [0.4, 0.5) is 0 Å². The predicted octanol–water partition coefficient (Wildman–Crippen LogP) is 1.82. The molecule has 0 bridgehead atoms. The molecule has 1 aliphatic carbocycles. The Hall–Kier alpha value is -1.35. The van der Waals surface area contributed by atoms with Crippen LogP contribution in [-0.2, 0) is 11.3 Å². The summed E-state index contributed by atoms with van der Waals surface area (Å²) < 4.78 is 0. The lowest BCUT2D eigenvalue weighted by Gasteiger charge is -2.27.